The highest BCUT2D eigenvalue weighted by Gasteiger charge is 2.26. The van der Waals surface area contributed by atoms with E-state index in [9.17, 15) is 19.7 Å². The number of hydrogen-bond acceptors (Lipinski definition) is 7. The predicted molar refractivity (Wildman–Crippen MR) is 120 cm³/mol. The zero-order valence-corrected chi connectivity index (χ0v) is 17.9. The highest BCUT2D eigenvalue weighted by Crippen LogP contribution is 2.38. The molecule has 0 spiro atoms. The van der Waals surface area contributed by atoms with Crippen LogP contribution in [0.2, 0.25) is 0 Å². The number of hydrogen-bond donors (Lipinski definition) is 2. The van der Waals surface area contributed by atoms with E-state index in [1.54, 1.807) is 18.2 Å². The Bertz CT molecular complexity index is 1300. The van der Waals surface area contributed by atoms with E-state index in [0.717, 1.165) is 11.6 Å². The van der Waals surface area contributed by atoms with E-state index < -0.39 is 22.4 Å². The van der Waals surface area contributed by atoms with Crippen molar-refractivity contribution in [3.05, 3.63) is 75.3 Å². The maximum atomic E-state index is 12.9. The van der Waals surface area contributed by atoms with Gasteiger partial charge in [0.25, 0.3) is 17.5 Å². The zero-order chi connectivity index (χ0) is 23.7. The highest BCUT2D eigenvalue weighted by molar-refractivity contribution is 6.11. The molecule has 2 N–H and O–H groups in total. The molecule has 0 saturated heterocycles. The summed E-state index contributed by atoms with van der Waals surface area (Å²) in [7, 11) is 2.69. The molecule has 0 fully saturated rings. The lowest BCUT2D eigenvalue weighted by Gasteiger charge is -2.12. The summed E-state index contributed by atoms with van der Waals surface area (Å²) in [6.07, 6.45) is 0. The van der Waals surface area contributed by atoms with Crippen LogP contribution in [0.25, 0.3) is 0 Å². The summed E-state index contributed by atoms with van der Waals surface area (Å²) < 4.78 is 16.1. The van der Waals surface area contributed by atoms with Gasteiger partial charge in [0.15, 0.2) is 17.2 Å². The first-order valence-corrected chi connectivity index (χ1v) is 9.76. The standard InChI is InChI=1S/C23H19N3O7/c1-12-4-6-19-16(8-12)25-23(28)15-9-13(5-7-18(15)33-19)24-22(27)14-10-20(31-2)21(32-3)11-17(14)26(29)30/h4-11H,1-3H3,(H,24,27)(H,25,28). The van der Waals surface area contributed by atoms with Gasteiger partial charge in [-0.2, -0.15) is 0 Å². The van der Waals surface area contributed by atoms with E-state index in [1.165, 1.54) is 32.4 Å². The molecule has 0 aromatic heterocycles. The molecule has 10 nitrogen and oxygen atoms in total. The van der Waals surface area contributed by atoms with Crippen LogP contribution >= 0.6 is 0 Å². The minimum atomic E-state index is -0.753. The van der Waals surface area contributed by atoms with Gasteiger partial charge < -0.3 is 24.8 Å². The fraction of sp³-hybridized carbons (Fsp3) is 0.130. The number of anilines is 2. The molecular formula is C23H19N3O7. The van der Waals surface area contributed by atoms with Crippen LogP contribution in [0.4, 0.5) is 17.1 Å². The third kappa shape index (κ3) is 4.13. The summed E-state index contributed by atoms with van der Waals surface area (Å²) in [5.41, 5.74) is 1.26. The second-order valence-corrected chi connectivity index (χ2v) is 7.20. The first-order chi connectivity index (χ1) is 15.8. The van der Waals surface area contributed by atoms with Gasteiger partial charge in [-0.05, 0) is 42.8 Å². The molecule has 1 aliphatic rings. The Balaban J connectivity index is 1.66. The molecule has 0 saturated carbocycles. The van der Waals surface area contributed by atoms with Gasteiger partial charge in [0, 0.05) is 11.8 Å². The van der Waals surface area contributed by atoms with Gasteiger partial charge in [-0.25, -0.2) is 0 Å². The van der Waals surface area contributed by atoms with Crippen molar-refractivity contribution in [2.24, 2.45) is 0 Å². The van der Waals surface area contributed by atoms with E-state index in [2.05, 4.69) is 10.6 Å². The number of carbonyl (C=O) groups excluding carboxylic acids is 2. The van der Waals surface area contributed by atoms with Crippen LogP contribution in [-0.4, -0.2) is 31.0 Å². The molecule has 168 valence electrons. The quantitative estimate of drug-likeness (QED) is 0.432. The maximum absolute atomic E-state index is 12.9. The molecule has 3 aromatic carbocycles. The molecule has 0 atom stereocenters. The Morgan fingerprint density at radius 2 is 1.73 bits per heavy atom. The summed E-state index contributed by atoms with van der Waals surface area (Å²) in [5.74, 6) is -0.0833. The first-order valence-electron chi connectivity index (χ1n) is 9.76. The zero-order valence-electron chi connectivity index (χ0n) is 17.9. The van der Waals surface area contributed by atoms with Crippen molar-refractivity contribution in [2.75, 3.05) is 24.9 Å². The Kier molecular flexibility index (Phi) is 5.57. The normalized spacial score (nSPS) is 11.8. The van der Waals surface area contributed by atoms with Crippen molar-refractivity contribution in [3.63, 3.8) is 0 Å². The molecule has 4 rings (SSSR count). The molecule has 10 heteroatoms. The van der Waals surface area contributed by atoms with Crippen LogP contribution in [0.15, 0.2) is 48.5 Å². The first kappa shape index (κ1) is 21.6. The molecule has 0 radical (unpaired) electrons. The van der Waals surface area contributed by atoms with E-state index in [0.29, 0.717) is 17.2 Å². The topological polar surface area (TPSA) is 129 Å². The van der Waals surface area contributed by atoms with Gasteiger partial charge in [-0.1, -0.05) is 6.07 Å². The molecule has 2 amide bonds. The summed E-state index contributed by atoms with van der Waals surface area (Å²) >= 11 is 0. The Morgan fingerprint density at radius 1 is 1.03 bits per heavy atom. The Hall–Kier alpha value is -4.60. The van der Waals surface area contributed by atoms with Crippen LogP contribution in [0.1, 0.15) is 26.3 Å². The van der Waals surface area contributed by atoms with Crippen molar-refractivity contribution in [1.29, 1.82) is 0 Å². The van der Waals surface area contributed by atoms with Crippen LogP contribution in [0, 0.1) is 17.0 Å². The highest BCUT2D eigenvalue weighted by atomic mass is 16.6. The fourth-order valence-corrected chi connectivity index (χ4v) is 3.41. The molecule has 0 unspecified atom stereocenters. The van der Waals surface area contributed by atoms with Crippen LogP contribution in [0.5, 0.6) is 23.0 Å². The van der Waals surface area contributed by atoms with Gasteiger partial charge in [0.05, 0.1) is 36.5 Å². The predicted octanol–water partition coefficient (Wildman–Crippen LogP) is 4.53. The van der Waals surface area contributed by atoms with Crippen molar-refractivity contribution in [2.45, 2.75) is 6.92 Å². The molecule has 3 aromatic rings. The lowest BCUT2D eigenvalue weighted by molar-refractivity contribution is -0.385. The smallest absolute Gasteiger partial charge is 0.286 e. The number of methoxy groups -OCH3 is 2. The minimum Gasteiger partial charge on any atom is -0.493 e. The van der Waals surface area contributed by atoms with Gasteiger partial charge in [0.1, 0.15) is 11.3 Å². The largest absolute Gasteiger partial charge is 0.493 e. The summed E-state index contributed by atoms with van der Waals surface area (Å²) in [6, 6.07) is 12.3. The Morgan fingerprint density at radius 3 is 2.42 bits per heavy atom. The van der Waals surface area contributed by atoms with E-state index in [4.69, 9.17) is 14.2 Å². The monoisotopic (exact) mass is 449 g/mol. The number of rotatable bonds is 5. The number of nitro groups is 1. The van der Waals surface area contributed by atoms with Crippen molar-refractivity contribution in [3.8, 4) is 23.0 Å². The van der Waals surface area contributed by atoms with Gasteiger partial charge in [-0.3, -0.25) is 19.7 Å². The number of carbonyl (C=O) groups is 2. The Labute approximate surface area is 188 Å². The molecule has 1 aliphatic heterocycles. The SMILES string of the molecule is COc1cc(C(=O)Nc2ccc3c(c2)C(=O)Nc2cc(C)ccc2O3)c([N+](=O)[O-])cc1OC. The molecular weight excluding hydrogens is 430 g/mol. The number of fused-ring (bicyclic) bond motifs is 2. The van der Waals surface area contributed by atoms with Crippen LogP contribution in [0.3, 0.4) is 0 Å². The fourth-order valence-electron chi connectivity index (χ4n) is 3.41. The summed E-state index contributed by atoms with van der Waals surface area (Å²) in [6.45, 7) is 1.89. The third-order valence-electron chi connectivity index (χ3n) is 5.03. The average Bonchev–Trinajstić information content (AvgIpc) is 2.93. The number of amides is 2. The number of ether oxygens (including phenoxy) is 3. The van der Waals surface area contributed by atoms with Gasteiger partial charge >= 0.3 is 0 Å². The average molecular weight is 449 g/mol. The molecule has 0 aliphatic carbocycles. The number of aryl methyl sites for hydroxylation is 1. The number of nitrogens with zero attached hydrogens (tertiary/aromatic N) is 1. The summed E-state index contributed by atoms with van der Waals surface area (Å²) in [4.78, 5) is 36.5. The molecule has 1 heterocycles. The van der Waals surface area contributed by atoms with E-state index >= 15 is 0 Å². The second-order valence-electron chi connectivity index (χ2n) is 7.20. The van der Waals surface area contributed by atoms with Crippen molar-refractivity contribution >= 4 is 28.9 Å². The third-order valence-corrected chi connectivity index (χ3v) is 5.03. The second kappa shape index (κ2) is 8.50. The lowest BCUT2D eigenvalue weighted by atomic mass is 10.1. The van der Waals surface area contributed by atoms with E-state index in [-0.39, 0.29) is 28.3 Å². The van der Waals surface area contributed by atoms with Crippen LogP contribution in [-0.2, 0) is 0 Å². The van der Waals surface area contributed by atoms with Crippen molar-refractivity contribution < 1.29 is 28.7 Å². The number of nitrogens with one attached hydrogen (secondary N) is 2. The molecule has 33 heavy (non-hydrogen) atoms. The van der Waals surface area contributed by atoms with Crippen molar-refractivity contribution in [1.82, 2.24) is 0 Å². The number of nitro benzene ring substituents is 1. The minimum absolute atomic E-state index is 0.120. The lowest BCUT2D eigenvalue weighted by Crippen LogP contribution is -2.16. The van der Waals surface area contributed by atoms with E-state index in [1.807, 2.05) is 13.0 Å². The molecule has 0 bridgehead atoms. The van der Waals surface area contributed by atoms with Crippen LogP contribution < -0.4 is 24.8 Å². The van der Waals surface area contributed by atoms with Gasteiger partial charge in [-0.15, -0.1) is 0 Å². The maximum Gasteiger partial charge on any atom is 0.286 e. The summed E-state index contributed by atoms with van der Waals surface area (Å²) in [5, 5.41) is 16.9. The number of benzene rings is 3. The van der Waals surface area contributed by atoms with Gasteiger partial charge in [0.2, 0.25) is 0 Å².